The third-order valence-electron chi connectivity index (χ3n) is 11.5. The van der Waals surface area contributed by atoms with Gasteiger partial charge >= 0.3 is 17.9 Å². The zero-order chi connectivity index (χ0) is 41.7. The molecule has 0 aromatic heterocycles. The summed E-state index contributed by atoms with van der Waals surface area (Å²) < 4.78 is 16.8. The zero-order valence-corrected chi connectivity index (χ0v) is 38.8. The molecule has 0 aliphatic heterocycles. The largest absolute Gasteiger partial charge is 0.462 e. The van der Waals surface area contributed by atoms with Gasteiger partial charge in [-0.1, -0.05) is 246 Å². The summed E-state index contributed by atoms with van der Waals surface area (Å²) in [6.45, 7) is 8.99. The minimum atomic E-state index is -0.760. The van der Waals surface area contributed by atoms with E-state index in [1.165, 1.54) is 180 Å². The molecule has 0 N–H and O–H groups in total. The molecular weight excluding hydrogens is 709 g/mol. The van der Waals surface area contributed by atoms with Crippen molar-refractivity contribution >= 4 is 17.9 Å². The molecule has 0 unspecified atom stereocenters. The lowest BCUT2D eigenvalue weighted by Gasteiger charge is -2.18. The van der Waals surface area contributed by atoms with Gasteiger partial charge in [0, 0.05) is 19.3 Å². The van der Waals surface area contributed by atoms with Crippen molar-refractivity contribution in [2.24, 2.45) is 5.92 Å². The quantitative estimate of drug-likeness (QED) is 0.0346. The van der Waals surface area contributed by atoms with E-state index in [4.69, 9.17) is 14.2 Å². The first-order chi connectivity index (χ1) is 27.9. The Morgan fingerprint density at radius 1 is 0.333 bits per heavy atom. The van der Waals surface area contributed by atoms with Gasteiger partial charge in [-0.25, -0.2) is 0 Å². The van der Waals surface area contributed by atoms with Crippen LogP contribution in [0.15, 0.2) is 0 Å². The van der Waals surface area contributed by atoms with Crippen molar-refractivity contribution in [2.75, 3.05) is 13.2 Å². The maximum atomic E-state index is 12.7. The van der Waals surface area contributed by atoms with Crippen LogP contribution >= 0.6 is 0 Å². The number of carbonyl (C=O) groups is 3. The fourth-order valence-corrected chi connectivity index (χ4v) is 7.69. The second-order valence-electron chi connectivity index (χ2n) is 17.9. The first-order valence-electron chi connectivity index (χ1n) is 25.4. The Balaban J connectivity index is 4.26. The molecule has 0 aliphatic rings. The van der Waals surface area contributed by atoms with Crippen molar-refractivity contribution < 1.29 is 28.6 Å². The van der Waals surface area contributed by atoms with Gasteiger partial charge in [0.1, 0.15) is 13.2 Å². The Bertz CT molecular complexity index is 857. The highest BCUT2D eigenvalue weighted by molar-refractivity contribution is 5.71. The molecule has 6 heteroatoms. The normalized spacial score (nSPS) is 11.9. The molecular formula is C51H98O6. The van der Waals surface area contributed by atoms with Crippen molar-refractivity contribution in [3.63, 3.8) is 0 Å². The predicted octanol–water partition coefficient (Wildman–Crippen LogP) is 16.3. The average molecular weight is 807 g/mol. The van der Waals surface area contributed by atoms with Crippen LogP contribution in [0.4, 0.5) is 0 Å². The Morgan fingerprint density at radius 3 is 0.860 bits per heavy atom. The highest BCUT2D eigenvalue weighted by Crippen LogP contribution is 2.17. The van der Waals surface area contributed by atoms with Gasteiger partial charge in [0.25, 0.3) is 0 Å². The van der Waals surface area contributed by atoms with E-state index in [1.807, 2.05) is 0 Å². The SMILES string of the molecule is CCCCCCCCCCCCCCCCCCCC(=O)OC[C@@H](COC(=O)CCCCCCCCCCCC)OC(=O)CCCCCCCCCCCC(C)C. The molecule has 0 rings (SSSR count). The first-order valence-corrected chi connectivity index (χ1v) is 25.4. The minimum absolute atomic E-state index is 0.0633. The van der Waals surface area contributed by atoms with Crippen LogP contribution in [-0.2, 0) is 28.6 Å². The predicted molar refractivity (Wildman–Crippen MR) is 243 cm³/mol. The summed E-state index contributed by atoms with van der Waals surface area (Å²) in [5, 5.41) is 0. The number of hydrogen-bond donors (Lipinski definition) is 0. The van der Waals surface area contributed by atoms with E-state index in [2.05, 4.69) is 27.7 Å². The van der Waals surface area contributed by atoms with E-state index >= 15 is 0 Å². The lowest BCUT2D eigenvalue weighted by Crippen LogP contribution is -2.30. The zero-order valence-electron chi connectivity index (χ0n) is 38.8. The standard InChI is InChI=1S/C51H98O6/c1-5-7-9-11-13-15-17-18-19-20-21-22-23-27-31-35-39-43-50(53)56-46-48(45-55-49(52)42-38-34-30-26-16-14-12-10-8-6-2)57-51(54)44-40-36-32-28-24-25-29-33-37-41-47(3)4/h47-48H,5-46H2,1-4H3/t48-/m1/s1. The van der Waals surface area contributed by atoms with Gasteiger partial charge in [0.05, 0.1) is 0 Å². The third kappa shape index (κ3) is 45.3. The van der Waals surface area contributed by atoms with Gasteiger partial charge in [-0.3, -0.25) is 14.4 Å². The van der Waals surface area contributed by atoms with Gasteiger partial charge in [0.2, 0.25) is 0 Å². The van der Waals surface area contributed by atoms with E-state index in [9.17, 15) is 14.4 Å². The average Bonchev–Trinajstić information content (AvgIpc) is 3.19. The lowest BCUT2D eigenvalue weighted by atomic mass is 10.0. The highest BCUT2D eigenvalue weighted by Gasteiger charge is 2.19. The molecule has 0 aromatic rings. The molecule has 0 fully saturated rings. The molecule has 0 aromatic carbocycles. The summed E-state index contributed by atoms with van der Waals surface area (Å²) in [4.78, 5) is 37.8. The van der Waals surface area contributed by atoms with E-state index < -0.39 is 6.10 Å². The monoisotopic (exact) mass is 807 g/mol. The fourth-order valence-electron chi connectivity index (χ4n) is 7.69. The molecule has 0 aliphatic carbocycles. The molecule has 57 heavy (non-hydrogen) atoms. The molecule has 6 nitrogen and oxygen atoms in total. The van der Waals surface area contributed by atoms with Crippen molar-refractivity contribution in [3.05, 3.63) is 0 Å². The van der Waals surface area contributed by atoms with Crippen LogP contribution in [0.3, 0.4) is 0 Å². The summed E-state index contributed by atoms with van der Waals surface area (Å²) >= 11 is 0. The lowest BCUT2D eigenvalue weighted by molar-refractivity contribution is -0.167. The van der Waals surface area contributed by atoms with Gasteiger partial charge in [-0.2, -0.15) is 0 Å². The van der Waals surface area contributed by atoms with Crippen LogP contribution < -0.4 is 0 Å². The van der Waals surface area contributed by atoms with E-state index in [1.54, 1.807) is 0 Å². The maximum Gasteiger partial charge on any atom is 0.306 e. The van der Waals surface area contributed by atoms with Crippen molar-refractivity contribution in [1.82, 2.24) is 0 Å². The Kier molecular flexibility index (Phi) is 44.2. The topological polar surface area (TPSA) is 78.9 Å². The summed E-state index contributed by atoms with van der Waals surface area (Å²) in [6, 6.07) is 0. The van der Waals surface area contributed by atoms with Crippen LogP contribution in [0.1, 0.15) is 285 Å². The molecule has 0 saturated carbocycles. The van der Waals surface area contributed by atoms with Crippen molar-refractivity contribution in [2.45, 2.75) is 291 Å². The Hall–Kier alpha value is -1.59. The van der Waals surface area contributed by atoms with Crippen LogP contribution in [-0.4, -0.2) is 37.2 Å². The number of ether oxygens (including phenoxy) is 3. The van der Waals surface area contributed by atoms with Gasteiger partial charge in [-0.15, -0.1) is 0 Å². The van der Waals surface area contributed by atoms with Gasteiger partial charge in [0.15, 0.2) is 6.10 Å². The molecule has 0 saturated heterocycles. The Labute approximate surface area is 355 Å². The molecule has 0 amide bonds. The van der Waals surface area contributed by atoms with Crippen LogP contribution in [0.5, 0.6) is 0 Å². The summed E-state index contributed by atoms with van der Waals surface area (Å²) in [5.74, 6) is -0.0429. The van der Waals surface area contributed by atoms with E-state index in [0.717, 1.165) is 63.7 Å². The number of rotatable bonds is 46. The number of carbonyl (C=O) groups excluding carboxylic acids is 3. The first kappa shape index (κ1) is 55.4. The number of hydrogen-bond acceptors (Lipinski definition) is 6. The maximum absolute atomic E-state index is 12.7. The van der Waals surface area contributed by atoms with Crippen molar-refractivity contribution in [3.8, 4) is 0 Å². The summed E-state index contributed by atoms with van der Waals surface area (Å²) in [6.07, 6.45) is 46.6. The van der Waals surface area contributed by atoms with Gasteiger partial charge < -0.3 is 14.2 Å². The summed E-state index contributed by atoms with van der Waals surface area (Å²) in [7, 11) is 0. The second kappa shape index (κ2) is 45.5. The van der Waals surface area contributed by atoms with Crippen LogP contribution in [0.2, 0.25) is 0 Å². The Morgan fingerprint density at radius 2 is 0.579 bits per heavy atom. The fraction of sp³-hybridized carbons (Fsp3) is 0.941. The highest BCUT2D eigenvalue weighted by atomic mass is 16.6. The summed E-state index contributed by atoms with van der Waals surface area (Å²) in [5.41, 5.74) is 0. The molecule has 0 spiro atoms. The smallest absolute Gasteiger partial charge is 0.306 e. The molecule has 1 atom stereocenters. The van der Waals surface area contributed by atoms with E-state index in [-0.39, 0.29) is 31.1 Å². The van der Waals surface area contributed by atoms with Crippen LogP contribution in [0.25, 0.3) is 0 Å². The number of unbranched alkanes of at least 4 members (excludes halogenated alkanes) is 33. The molecule has 0 heterocycles. The van der Waals surface area contributed by atoms with Gasteiger partial charge in [-0.05, 0) is 25.2 Å². The molecule has 0 radical (unpaired) electrons. The molecule has 0 bridgehead atoms. The number of esters is 3. The second-order valence-corrected chi connectivity index (χ2v) is 17.9. The molecule has 338 valence electrons. The van der Waals surface area contributed by atoms with Crippen molar-refractivity contribution in [1.29, 1.82) is 0 Å². The minimum Gasteiger partial charge on any atom is -0.462 e. The van der Waals surface area contributed by atoms with E-state index in [0.29, 0.717) is 19.3 Å². The third-order valence-corrected chi connectivity index (χ3v) is 11.5. The van der Waals surface area contributed by atoms with Crippen LogP contribution in [0, 0.1) is 5.92 Å².